The van der Waals surface area contributed by atoms with Gasteiger partial charge in [0.25, 0.3) is 0 Å². The van der Waals surface area contributed by atoms with E-state index in [1.807, 2.05) is 13.8 Å². The molecule has 1 atom stereocenters. The van der Waals surface area contributed by atoms with E-state index < -0.39 is 16.1 Å². The first-order valence-corrected chi connectivity index (χ1v) is 6.14. The first kappa shape index (κ1) is 13.2. The van der Waals surface area contributed by atoms with Crippen molar-refractivity contribution in [2.24, 2.45) is 5.92 Å². The smallest absolute Gasteiger partial charge is 0.229 e. The lowest BCUT2D eigenvalue weighted by Crippen LogP contribution is -2.20. The molecule has 1 unspecified atom stereocenters. The summed E-state index contributed by atoms with van der Waals surface area (Å²) in [5, 5.41) is 9.37. The van der Waals surface area contributed by atoms with Crippen molar-refractivity contribution in [2.75, 3.05) is 6.26 Å². The van der Waals surface area contributed by atoms with Crippen molar-refractivity contribution >= 4 is 10.0 Å². The normalized spacial score (nSPS) is 14.6. The first-order chi connectivity index (χ1) is 6.22. The molecule has 0 radical (unpaired) electrons. The Kier molecular flexibility index (Phi) is 4.87. The summed E-state index contributed by atoms with van der Waals surface area (Å²) in [4.78, 5) is 0. The van der Waals surface area contributed by atoms with Crippen LogP contribution in [-0.4, -0.2) is 25.9 Å². The zero-order valence-corrected chi connectivity index (χ0v) is 9.50. The van der Waals surface area contributed by atoms with Gasteiger partial charge in [-0.15, -0.1) is 0 Å². The molecule has 4 nitrogen and oxygen atoms in total. The first-order valence-electron chi connectivity index (χ1n) is 4.25. The second kappa shape index (κ2) is 5.17. The zero-order valence-electron chi connectivity index (χ0n) is 8.69. The van der Waals surface area contributed by atoms with Crippen LogP contribution in [0.2, 0.25) is 0 Å². The van der Waals surface area contributed by atoms with Crippen LogP contribution in [0.1, 0.15) is 13.8 Å². The average molecular weight is 219 g/mol. The van der Waals surface area contributed by atoms with Crippen LogP contribution in [0.25, 0.3) is 0 Å². The Morgan fingerprint density at radius 1 is 1.50 bits per heavy atom. The molecule has 0 fully saturated rings. The summed E-state index contributed by atoms with van der Waals surface area (Å²) in [6, 6.07) is 0. The standard InChI is InChI=1S/C9H17NO3S/c1-7(2)9(11)6-5-8(3)10-14(4,12)13/h5-7,9-11H,3H2,1-2,4H3. The van der Waals surface area contributed by atoms with Crippen LogP contribution in [0.4, 0.5) is 0 Å². The summed E-state index contributed by atoms with van der Waals surface area (Å²) < 4.78 is 23.7. The molecule has 0 rings (SSSR count). The summed E-state index contributed by atoms with van der Waals surface area (Å²) in [5.41, 5.74) is 0.243. The number of nitrogens with one attached hydrogen (secondary N) is 1. The van der Waals surface area contributed by atoms with Crippen molar-refractivity contribution in [1.29, 1.82) is 0 Å². The molecule has 0 saturated heterocycles. The van der Waals surface area contributed by atoms with Crippen LogP contribution >= 0.6 is 0 Å². The fourth-order valence-corrected chi connectivity index (χ4v) is 1.25. The monoisotopic (exact) mass is 219 g/mol. The number of rotatable bonds is 5. The Morgan fingerprint density at radius 2 is 2.00 bits per heavy atom. The summed E-state index contributed by atoms with van der Waals surface area (Å²) in [7, 11) is -3.27. The van der Waals surface area contributed by atoms with Gasteiger partial charge in [-0.1, -0.05) is 26.5 Å². The van der Waals surface area contributed by atoms with E-state index in [1.165, 1.54) is 12.2 Å². The number of aliphatic hydroxyl groups is 1. The Balaban J connectivity index is 4.20. The highest BCUT2D eigenvalue weighted by atomic mass is 32.2. The van der Waals surface area contributed by atoms with E-state index in [9.17, 15) is 13.5 Å². The molecule has 0 aliphatic heterocycles. The van der Waals surface area contributed by atoms with Crippen LogP contribution in [0.15, 0.2) is 24.4 Å². The van der Waals surface area contributed by atoms with E-state index in [0.29, 0.717) is 0 Å². The van der Waals surface area contributed by atoms with Gasteiger partial charge in [-0.3, -0.25) is 4.72 Å². The van der Waals surface area contributed by atoms with Gasteiger partial charge in [-0.2, -0.15) is 0 Å². The van der Waals surface area contributed by atoms with E-state index in [2.05, 4.69) is 11.3 Å². The van der Waals surface area contributed by atoms with Gasteiger partial charge in [-0.25, -0.2) is 8.42 Å². The molecule has 0 amide bonds. The Morgan fingerprint density at radius 3 is 2.36 bits per heavy atom. The molecule has 0 heterocycles. The van der Waals surface area contributed by atoms with Gasteiger partial charge in [0, 0.05) is 5.70 Å². The largest absolute Gasteiger partial charge is 0.389 e. The number of hydrogen-bond acceptors (Lipinski definition) is 3. The molecular weight excluding hydrogens is 202 g/mol. The van der Waals surface area contributed by atoms with Crippen LogP contribution in [0, 0.1) is 5.92 Å². The molecule has 82 valence electrons. The van der Waals surface area contributed by atoms with Gasteiger partial charge in [0.1, 0.15) is 0 Å². The van der Waals surface area contributed by atoms with Gasteiger partial charge < -0.3 is 5.11 Å². The predicted octanol–water partition coefficient (Wildman–Crippen LogP) is 0.622. The summed E-state index contributed by atoms with van der Waals surface area (Å²) >= 11 is 0. The van der Waals surface area contributed by atoms with Crippen LogP contribution in [-0.2, 0) is 10.0 Å². The average Bonchev–Trinajstić information content (AvgIpc) is 1.96. The fourth-order valence-electron chi connectivity index (χ4n) is 0.709. The maximum absolute atomic E-state index is 10.8. The highest BCUT2D eigenvalue weighted by molar-refractivity contribution is 7.88. The molecule has 14 heavy (non-hydrogen) atoms. The van der Waals surface area contributed by atoms with Crippen molar-refractivity contribution in [3.05, 3.63) is 24.4 Å². The van der Waals surface area contributed by atoms with Crippen molar-refractivity contribution in [1.82, 2.24) is 4.72 Å². The summed E-state index contributed by atoms with van der Waals surface area (Å²) in [6.07, 6.45) is 3.41. The topological polar surface area (TPSA) is 66.4 Å². The van der Waals surface area contributed by atoms with Crippen molar-refractivity contribution < 1.29 is 13.5 Å². The lowest BCUT2D eigenvalue weighted by Gasteiger charge is -2.09. The number of allylic oxidation sites excluding steroid dienone is 1. The minimum atomic E-state index is -3.27. The Hall–Kier alpha value is -0.810. The SMILES string of the molecule is C=C(C=CC(O)C(C)C)NS(C)(=O)=O. The van der Waals surface area contributed by atoms with Crippen LogP contribution in [0.5, 0.6) is 0 Å². The van der Waals surface area contributed by atoms with Crippen molar-refractivity contribution in [3.63, 3.8) is 0 Å². The molecule has 0 aromatic rings. The van der Waals surface area contributed by atoms with Gasteiger partial charge in [0.05, 0.1) is 12.4 Å². The Labute approximate surface area is 85.4 Å². The van der Waals surface area contributed by atoms with E-state index >= 15 is 0 Å². The third kappa shape index (κ3) is 6.68. The quantitative estimate of drug-likeness (QED) is 0.666. The molecule has 0 saturated carbocycles. The second-order valence-corrected chi connectivity index (χ2v) is 5.24. The zero-order chi connectivity index (χ0) is 11.4. The van der Waals surface area contributed by atoms with Gasteiger partial charge >= 0.3 is 0 Å². The lowest BCUT2D eigenvalue weighted by atomic mass is 10.1. The minimum Gasteiger partial charge on any atom is -0.389 e. The fraction of sp³-hybridized carbons (Fsp3) is 0.556. The lowest BCUT2D eigenvalue weighted by molar-refractivity contribution is 0.172. The molecule has 0 aromatic carbocycles. The van der Waals surface area contributed by atoms with E-state index in [-0.39, 0.29) is 11.6 Å². The molecule has 0 aliphatic carbocycles. The third-order valence-corrected chi connectivity index (χ3v) is 2.13. The van der Waals surface area contributed by atoms with Crippen LogP contribution in [0.3, 0.4) is 0 Å². The predicted molar refractivity (Wildman–Crippen MR) is 57.1 cm³/mol. The van der Waals surface area contributed by atoms with E-state index in [4.69, 9.17) is 0 Å². The van der Waals surface area contributed by atoms with Crippen molar-refractivity contribution in [2.45, 2.75) is 20.0 Å². The maximum Gasteiger partial charge on any atom is 0.229 e. The highest BCUT2D eigenvalue weighted by Crippen LogP contribution is 2.03. The minimum absolute atomic E-state index is 0.0947. The second-order valence-electron chi connectivity index (χ2n) is 3.49. The molecule has 5 heteroatoms. The highest BCUT2D eigenvalue weighted by Gasteiger charge is 2.04. The Bertz CT molecular complexity index is 317. The number of aliphatic hydroxyl groups excluding tert-OH is 1. The van der Waals surface area contributed by atoms with Gasteiger partial charge in [0.15, 0.2) is 0 Å². The van der Waals surface area contributed by atoms with Crippen molar-refractivity contribution in [3.8, 4) is 0 Å². The van der Waals surface area contributed by atoms with E-state index in [1.54, 1.807) is 0 Å². The molecule has 2 N–H and O–H groups in total. The molecule has 0 aliphatic rings. The third-order valence-electron chi connectivity index (χ3n) is 1.49. The summed E-state index contributed by atoms with van der Waals surface area (Å²) in [5.74, 6) is 0.0947. The maximum atomic E-state index is 10.8. The molecule has 0 aromatic heterocycles. The van der Waals surface area contributed by atoms with Gasteiger partial charge in [0.2, 0.25) is 10.0 Å². The van der Waals surface area contributed by atoms with Gasteiger partial charge in [-0.05, 0) is 12.0 Å². The number of hydrogen-bond donors (Lipinski definition) is 2. The summed E-state index contributed by atoms with van der Waals surface area (Å²) in [6.45, 7) is 7.21. The van der Waals surface area contributed by atoms with E-state index in [0.717, 1.165) is 6.26 Å². The number of sulfonamides is 1. The molecular formula is C9H17NO3S. The molecule has 0 bridgehead atoms. The molecule has 0 spiro atoms. The van der Waals surface area contributed by atoms with Crippen LogP contribution < -0.4 is 4.72 Å².